The second kappa shape index (κ2) is 8.33. The number of hydrogen-bond donors (Lipinski definition) is 1. The van der Waals surface area contributed by atoms with Gasteiger partial charge in [-0.3, -0.25) is 14.5 Å². The molecule has 0 bridgehead atoms. The van der Waals surface area contributed by atoms with E-state index in [1.54, 1.807) is 29.7 Å². The van der Waals surface area contributed by atoms with Crippen LogP contribution >= 0.6 is 0 Å². The van der Waals surface area contributed by atoms with Gasteiger partial charge in [-0.15, -0.1) is 0 Å². The number of aryl methyl sites for hydroxylation is 2. The lowest BCUT2D eigenvalue weighted by atomic mass is 9.92. The maximum absolute atomic E-state index is 13.4. The van der Waals surface area contributed by atoms with Crippen molar-refractivity contribution in [3.63, 3.8) is 0 Å². The van der Waals surface area contributed by atoms with E-state index in [9.17, 15) is 23.2 Å². The number of urea groups is 1. The Morgan fingerprint density at radius 2 is 1.83 bits per heavy atom. The van der Waals surface area contributed by atoms with E-state index in [0.29, 0.717) is 29.8 Å². The van der Waals surface area contributed by atoms with Crippen LogP contribution in [0.25, 0.3) is 5.69 Å². The number of benzene rings is 2. The highest BCUT2D eigenvalue weighted by molar-refractivity contribution is 6.12. The van der Waals surface area contributed by atoms with Gasteiger partial charge in [0.15, 0.2) is 5.78 Å². The SMILES string of the molecule is Cc1cc(C(=O)CN2C(=O)N[C@]3(CCc4ccccc43)C2=O)c(C)n1-c1ccc(OC(F)F)cc1. The number of imide groups is 1. The van der Waals surface area contributed by atoms with Crippen molar-refractivity contribution in [1.29, 1.82) is 0 Å². The number of ether oxygens (including phenoxy) is 1. The lowest BCUT2D eigenvalue weighted by Gasteiger charge is -2.22. The molecule has 2 heterocycles. The molecule has 0 unspecified atom stereocenters. The Bertz CT molecular complexity index is 1350. The molecule has 5 rings (SSSR count). The molecule has 7 nitrogen and oxygen atoms in total. The molecule has 0 saturated carbocycles. The van der Waals surface area contributed by atoms with Crippen molar-refractivity contribution in [2.24, 2.45) is 0 Å². The minimum atomic E-state index is -2.91. The molecule has 180 valence electrons. The number of carbonyl (C=O) groups is 3. The summed E-state index contributed by atoms with van der Waals surface area (Å²) in [6, 6.07) is 14.7. The number of fused-ring (bicyclic) bond motifs is 2. The lowest BCUT2D eigenvalue weighted by molar-refractivity contribution is -0.131. The molecule has 1 aliphatic heterocycles. The van der Waals surface area contributed by atoms with Crippen LogP contribution in [0.2, 0.25) is 0 Å². The maximum Gasteiger partial charge on any atom is 0.387 e. The Labute approximate surface area is 200 Å². The Kier molecular flexibility index (Phi) is 5.42. The van der Waals surface area contributed by atoms with Gasteiger partial charge in [-0.25, -0.2) is 4.79 Å². The van der Waals surface area contributed by atoms with E-state index < -0.39 is 24.1 Å². The Morgan fingerprint density at radius 3 is 2.54 bits per heavy atom. The molecule has 35 heavy (non-hydrogen) atoms. The molecule has 1 saturated heterocycles. The van der Waals surface area contributed by atoms with E-state index in [2.05, 4.69) is 10.1 Å². The number of Topliss-reactive ketones (excluding diaryl/α,β-unsaturated/α-hetero) is 1. The fraction of sp³-hybridized carbons (Fsp3) is 0.269. The predicted molar refractivity (Wildman–Crippen MR) is 123 cm³/mol. The van der Waals surface area contributed by atoms with Gasteiger partial charge in [-0.2, -0.15) is 8.78 Å². The van der Waals surface area contributed by atoms with E-state index in [1.165, 1.54) is 12.1 Å². The van der Waals surface area contributed by atoms with Gasteiger partial charge in [0.05, 0.1) is 6.54 Å². The largest absolute Gasteiger partial charge is 0.435 e. The molecule has 1 spiro atoms. The van der Waals surface area contributed by atoms with Gasteiger partial charge in [0.25, 0.3) is 5.91 Å². The second-order valence-corrected chi connectivity index (χ2v) is 8.80. The summed E-state index contributed by atoms with van der Waals surface area (Å²) in [6.45, 7) is 0.276. The van der Waals surface area contributed by atoms with Gasteiger partial charge < -0.3 is 14.6 Å². The molecular weight excluding hydrogens is 456 g/mol. The molecule has 1 aliphatic carbocycles. The predicted octanol–water partition coefficient (Wildman–Crippen LogP) is 4.27. The number of nitrogens with one attached hydrogen (secondary N) is 1. The van der Waals surface area contributed by atoms with Crippen LogP contribution in [0.15, 0.2) is 54.6 Å². The quantitative estimate of drug-likeness (QED) is 0.423. The van der Waals surface area contributed by atoms with E-state index >= 15 is 0 Å². The average Bonchev–Trinajstić information content (AvgIpc) is 3.42. The summed E-state index contributed by atoms with van der Waals surface area (Å²) in [7, 11) is 0. The summed E-state index contributed by atoms with van der Waals surface area (Å²) in [5, 5.41) is 2.83. The fourth-order valence-corrected chi connectivity index (χ4v) is 5.18. The molecule has 1 fully saturated rings. The van der Waals surface area contributed by atoms with Crippen molar-refractivity contribution in [2.45, 2.75) is 38.8 Å². The molecule has 1 aromatic heterocycles. The number of hydrogen-bond acceptors (Lipinski definition) is 4. The van der Waals surface area contributed by atoms with Crippen LogP contribution in [0.3, 0.4) is 0 Å². The molecule has 1 N–H and O–H groups in total. The van der Waals surface area contributed by atoms with E-state index in [0.717, 1.165) is 21.7 Å². The normalized spacial score (nSPS) is 18.9. The molecule has 2 aromatic carbocycles. The Balaban J connectivity index is 1.38. The van der Waals surface area contributed by atoms with E-state index in [1.807, 2.05) is 31.2 Å². The highest BCUT2D eigenvalue weighted by Crippen LogP contribution is 2.41. The number of rotatable bonds is 6. The van der Waals surface area contributed by atoms with Crippen LogP contribution in [-0.2, 0) is 16.8 Å². The first-order chi connectivity index (χ1) is 16.7. The van der Waals surface area contributed by atoms with Crippen LogP contribution in [0.1, 0.15) is 39.3 Å². The molecule has 3 aromatic rings. The summed E-state index contributed by atoms with van der Waals surface area (Å²) in [5.74, 6) is -0.749. The van der Waals surface area contributed by atoms with Crippen LogP contribution in [0, 0.1) is 13.8 Å². The van der Waals surface area contributed by atoms with Crippen LogP contribution in [0.4, 0.5) is 13.6 Å². The number of ketones is 1. The van der Waals surface area contributed by atoms with Crippen molar-refractivity contribution < 1.29 is 27.9 Å². The second-order valence-electron chi connectivity index (χ2n) is 8.80. The molecule has 3 amide bonds. The number of aromatic nitrogens is 1. The molecular formula is C26H23F2N3O4. The zero-order valence-electron chi connectivity index (χ0n) is 19.2. The number of alkyl halides is 2. The summed E-state index contributed by atoms with van der Waals surface area (Å²) in [4.78, 5) is 40.4. The smallest absolute Gasteiger partial charge is 0.387 e. The average molecular weight is 479 g/mol. The first-order valence-corrected chi connectivity index (χ1v) is 11.2. The molecule has 9 heteroatoms. The Morgan fingerprint density at radius 1 is 1.11 bits per heavy atom. The van der Waals surface area contributed by atoms with Crippen molar-refractivity contribution in [3.8, 4) is 11.4 Å². The fourth-order valence-electron chi connectivity index (χ4n) is 5.18. The lowest BCUT2D eigenvalue weighted by Crippen LogP contribution is -2.42. The zero-order chi connectivity index (χ0) is 24.9. The summed E-state index contributed by atoms with van der Waals surface area (Å²) in [6.07, 6.45) is 1.13. The maximum atomic E-state index is 13.4. The molecule has 2 aliphatic rings. The molecule has 1 atom stereocenters. The monoisotopic (exact) mass is 479 g/mol. The van der Waals surface area contributed by atoms with Crippen molar-refractivity contribution in [1.82, 2.24) is 14.8 Å². The third-order valence-corrected chi connectivity index (χ3v) is 6.78. The highest BCUT2D eigenvalue weighted by atomic mass is 19.3. The van der Waals surface area contributed by atoms with Crippen LogP contribution < -0.4 is 10.1 Å². The van der Waals surface area contributed by atoms with Crippen molar-refractivity contribution in [2.75, 3.05) is 6.54 Å². The third-order valence-electron chi connectivity index (χ3n) is 6.78. The van der Waals surface area contributed by atoms with Crippen LogP contribution in [-0.4, -0.2) is 40.3 Å². The summed E-state index contributed by atoms with van der Waals surface area (Å²) >= 11 is 0. The van der Waals surface area contributed by atoms with Crippen molar-refractivity contribution in [3.05, 3.63) is 82.7 Å². The standard InChI is InChI=1S/C26H23F2N3O4/c1-15-13-20(16(2)31(15)18-7-9-19(10-8-18)35-24(27)28)22(32)14-30-23(33)26(29-25(30)34)12-11-17-5-3-4-6-21(17)26/h3-10,13,24H,11-12,14H2,1-2H3,(H,29,34)/t26-/m0/s1. The highest BCUT2D eigenvalue weighted by Gasteiger charge is 2.55. The third kappa shape index (κ3) is 3.67. The van der Waals surface area contributed by atoms with Gasteiger partial charge in [0.2, 0.25) is 0 Å². The number of carbonyl (C=O) groups excluding carboxylic acids is 3. The van der Waals surface area contributed by atoms with Crippen molar-refractivity contribution >= 4 is 17.7 Å². The van der Waals surface area contributed by atoms with Gasteiger partial charge in [-0.1, -0.05) is 24.3 Å². The number of halogens is 2. The molecule has 0 radical (unpaired) electrons. The van der Waals surface area contributed by atoms with Gasteiger partial charge >= 0.3 is 12.6 Å². The minimum absolute atomic E-state index is 0.0310. The van der Waals surface area contributed by atoms with Gasteiger partial charge in [-0.05, 0) is 68.1 Å². The van der Waals surface area contributed by atoms with E-state index in [4.69, 9.17) is 0 Å². The number of amides is 3. The van der Waals surface area contributed by atoms with E-state index in [-0.39, 0.29) is 18.1 Å². The Hall–Kier alpha value is -4.01. The zero-order valence-corrected chi connectivity index (χ0v) is 19.2. The minimum Gasteiger partial charge on any atom is -0.435 e. The topological polar surface area (TPSA) is 80.6 Å². The number of nitrogens with zero attached hydrogens (tertiary/aromatic N) is 2. The first-order valence-electron chi connectivity index (χ1n) is 11.2. The summed E-state index contributed by atoms with van der Waals surface area (Å²) in [5.41, 5.74) is 3.08. The van der Waals surface area contributed by atoms with Gasteiger partial charge in [0.1, 0.15) is 11.3 Å². The van der Waals surface area contributed by atoms with Gasteiger partial charge in [0, 0.05) is 22.6 Å². The van der Waals surface area contributed by atoms with Crippen LogP contribution in [0.5, 0.6) is 5.75 Å². The first kappa shape index (κ1) is 22.8. The summed E-state index contributed by atoms with van der Waals surface area (Å²) < 4.78 is 31.1.